The second kappa shape index (κ2) is 4.78. The van der Waals surface area contributed by atoms with Crippen molar-refractivity contribution in [2.75, 3.05) is 0 Å². The number of aromatic nitrogens is 2. The van der Waals surface area contributed by atoms with E-state index in [1.54, 1.807) is 11.8 Å². The third-order valence-electron chi connectivity index (χ3n) is 3.55. The SMILES string of the molecule is Cn1ccnc1SC1CCc2ccccc2C1N. The molecule has 0 aliphatic heterocycles. The maximum atomic E-state index is 6.40. The molecule has 1 aromatic heterocycles. The van der Waals surface area contributed by atoms with E-state index in [0.717, 1.165) is 18.0 Å². The highest BCUT2D eigenvalue weighted by Crippen LogP contribution is 2.37. The van der Waals surface area contributed by atoms with Crippen molar-refractivity contribution in [2.24, 2.45) is 12.8 Å². The highest BCUT2D eigenvalue weighted by atomic mass is 32.2. The lowest BCUT2D eigenvalue weighted by Gasteiger charge is -2.30. The quantitative estimate of drug-likeness (QED) is 0.901. The Morgan fingerprint density at radius 1 is 1.39 bits per heavy atom. The molecule has 0 saturated carbocycles. The van der Waals surface area contributed by atoms with E-state index >= 15 is 0 Å². The lowest BCUT2D eigenvalue weighted by molar-refractivity contribution is 0.584. The van der Waals surface area contributed by atoms with Crippen LogP contribution in [-0.4, -0.2) is 14.8 Å². The molecule has 1 heterocycles. The molecule has 0 amide bonds. The van der Waals surface area contributed by atoms with Gasteiger partial charge >= 0.3 is 0 Å². The summed E-state index contributed by atoms with van der Waals surface area (Å²) in [6, 6.07) is 8.63. The molecule has 4 heteroatoms. The van der Waals surface area contributed by atoms with Gasteiger partial charge in [0, 0.05) is 30.7 Å². The Hall–Kier alpha value is -1.26. The number of hydrogen-bond acceptors (Lipinski definition) is 3. The van der Waals surface area contributed by atoms with Crippen LogP contribution in [0.15, 0.2) is 41.8 Å². The van der Waals surface area contributed by atoms with Crippen LogP contribution in [0.4, 0.5) is 0 Å². The molecule has 1 aromatic carbocycles. The molecule has 18 heavy (non-hydrogen) atoms. The van der Waals surface area contributed by atoms with E-state index in [2.05, 4.69) is 33.8 Å². The summed E-state index contributed by atoms with van der Waals surface area (Å²) in [5.74, 6) is 0. The number of aryl methyl sites for hydroxylation is 2. The molecule has 0 saturated heterocycles. The number of thioether (sulfide) groups is 1. The van der Waals surface area contributed by atoms with Gasteiger partial charge in [0.15, 0.2) is 5.16 Å². The fourth-order valence-electron chi connectivity index (χ4n) is 2.50. The van der Waals surface area contributed by atoms with Crippen LogP contribution in [0.5, 0.6) is 0 Å². The Labute approximate surface area is 111 Å². The number of hydrogen-bond donors (Lipinski definition) is 1. The second-order valence-electron chi connectivity index (χ2n) is 4.74. The molecule has 1 aliphatic carbocycles. The van der Waals surface area contributed by atoms with Crippen molar-refractivity contribution in [3.8, 4) is 0 Å². The average Bonchev–Trinajstić information content (AvgIpc) is 2.79. The van der Waals surface area contributed by atoms with Gasteiger partial charge in [-0.05, 0) is 24.0 Å². The zero-order chi connectivity index (χ0) is 12.5. The molecule has 2 aromatic rings. The molecule has 0 spiro atoms. The average molecular weight is 259 g/mol. The number of rotatable bonds is 2. The number of nitrogens with two attached hydrogens (primary N) is 1. The first-order chi connectivity index (χ1) is 8.75. The molecule has 1 aliphatic rings. The zero-order valence-electron chi connectivity index (χ0n) is 10.4. The van der Waals surface area contributed by atoms with Crippen LogP contribution in [0.1, 0.15) is 23.6 Å². The highest BCUT2D eigenvalue weighted by Gasteiger charge is 2.28. The molecule has 0 bridgehead atoms. The van der Waals surface area contributed by atoms with E-state index in [-0.39, 0.29) is 6.04 Å². The lowest BCUT2D eigenvalue weighted by Crippen LogP contribution is -2.29. The summed E-state index contributed by atoms with van der Waals surface area (Å²) in [5.41, 5.74) is 9.11. The molecule has 0 radical (unpaired) electrons. The summed E-state index contributed by atoms with van der Waals surface area (Å²) in [5, 5.41) is 1.47. The molecule has 3 rings (SSSR count). The third-order valence-corrected chi connectivity index (χ3v) is 4.98. The Balaban J connectivity index is 1.83. The number of imidazole rings is 1. The third kappa shape index (κ3) is 2.06. The van der Waals surface area contributed by atoms with Crippen molar-refractivity contribution in [2.45, 2.75) is 29.3 Å². The van der Waals surface area contributed by atoms with E-state index in [9.17, 15) is 0 Å². The largest absolute Gasteiger partial charge is 0.329 e. The van der Waals surface area contributed by atoms with Gasteiger partial charge < -0.3 is 10.3 Å². The van der Waals surface area contributed by atoms with Gasteiger partial charge in [-0.1, -0.05) is 36.0 Å². The summed E-state index contributed by atoms with van der Waals surface area (Å²) < 4.78 is 2.05. The molecule has 94 valence electrons. The molecular weight excluding hydrogens is 242 g/mol. The standard InChI is InChI=1S/C14H17N3S/c1-17-9-8-16-14(17)18-12-7-6-10-4-2-3-5-11(10)13(12)15/h2-5,8-9,12-13H,6-7,15H2,1H3. The fraction of sp³-hybridized carbons (Fsp3) is 0.357. The van der Waals surface area contributed by atoms with E-state index in [0.29, 0.717) is 5.25 Å². The van der Waals surface area contributed by atoms with Crippen LogP contribution in [0.2, 0.25) is 0 Å². The first-order valence-corrected chi connectivity index (χ1v) is 7.11. The van der Waals surface area contributed by atoms with Gasteiger partial charge in [0.2, 0.25) is 0 Å². The second-order valence-corrected chi connectivity index (χ2v) is 5.95. The van der Waals surface area contributed by atoms with Gasteiger partial charge in [-0.25, -0.2) is 4.98 Å². The molecule has 2 unspecified atom stereocenters. The summed E-state index contributed by atoms with van der Waals surface area (Å²) in [6.45, 7) is 0. The Morgan fingerprint density at radius 3 is 3.00 bits per heavy atom. The first kappa shape index (κ1) is 11.8. The van der Waals surface area contributed by atoms with Crippen LogP contribution >= 0.6 is 11.8 Å². The molecule has 3 nitrogen and oxygen atoms in total. The summed E-state index contributed by atoms with van der Waals surface area (Å²) >= 11 is 1.80. The van der Waals surface area contributed by atoms with Gasteiger partial charge in [0.1, 0.15) is 0 Å². The van der Waals surface area contributed by atoms with Crippen molar-refractivity contribution in [3.63, 3.8) is 0 Å². The van der Waals surface area contributed by atoms with Crippen molar-refractivity contribution in [1.29, 1.82) is 0 Å². The van der Waals surface area contributed by atoms with Crippen LogP contribution in [0, 0.1) is 0 Å². The van der Waals surface area contributed by atoms with Crippen molar-refractivity contribution >= 4 is 11.8 Å². The van der Waals surface area contributed by atoms with Gasteiger partial charge in [0.25, 0.3) is 0 Å². The van der Waals surface area contributed by atoms with Crippen LogP contribution in [-0.2, 0) is 13.5 Å². The first-order valence-electron chi connectivity index (χ1n) is 6.23. The fourth-order valence-corrected chi connectivity index (χ4v) is 3.65. The summed E-state index contributed by atoms with van der Waals surface area (Å²) in [6.07, 6.45) is 6.05. The van der Waals surface area contributed by atoms with Crippen LogP contribution < -0.4 is 5.73 Å². The van der Waals surface area contributed by atoms with E-state index < -0.39 is 0 Å². The molecule has 0 fully saturated rings. The maximum Gasteiger partial charge on any atom is 0.168 e. The van der Waals surface area contributed by atoms with E-state index in [4.69, 9.17) is 5.73 Å². The molecule has 2 N–H and O–H groups in total. The van der Waals surface area contributed by atoms with Crippen LogP contribution in [0.3, 0.4) is 0 Å². The normalized spacial score (nSPS) is 22.8. The van der Waals surface area contributed by atoms with Crippen molar-refractivity contribution < 1.29 is 0 Å². The van der Waals surface area contributed by atoms with Crippen molar-refractivity contribution in [1.82, 2.24) is 9.55 Å². The minimum Gasteiger partial charge on any atom is -0.329 e. The van der Waals surface area contributed by atoms with Gasteiger partial charge in [-0.15, -0.1) is 0 Å². The highest BCUT2D eigenvalue weighted by molar-refractivity contribution is 7.99. The monoisotopic (exact) mass is 259 g/mol. The van der Waals surface area contributed by atoms with Gasteiger partial charge in [0.05, 0.1) is 0 Å². The molecule has 2 atom stereocenters. The van der Waals surface area contributed by atoms with Gasteiger partial charge in [-0.2, -0.15) is 0 Å². The number of fused-ring (bicyclic) bond motifs is 1. The Bertz CT molecular complexity index is 549. The minimum atomic E-state index is 0.108. The summed E-state index contributed by atoms with van der Waals surface area (Å²) in [7, 11) is 2.03. The predicted octanol–water partition coefficient (Wildman–Crippen LogP) is 2.53. The summed E-state index contributed by atoms with van der Waals surface area (Å²) in [4.78, 5) is 4.37. The van der Waals surface area contributed by atoms with Crippen molar-refractivity contribution in [3.05, 3.63) is 47.8 Å². The Kier molecular flexibility index (Phi) is 3.14. The lowest BCUT2D eigenvalue weighted by atomic mass is 9.88. The zero-order valence-corrected chi connectivity index (χ0v) is 11.2. The van der Waals surface area contributed by atoms with Crippen LogP contribution in [0.25, 0.3) is 0 Å². The van der Waals surface area contributed by atoms with E-state index in [1.165, 1.54) is 11.1 Å². The van der Waals surface area contributed by atoms with E-state index in [1.807, 2.05) is 19.4 Å². The Morgan fingerprint density at radius 2 is 2.22 bits per heavy atom. The smallest absolute Gasteiger partial charge is 0.168 e. The number of benzene rings is 1. The maximum absolute atomic E-state index is 6.40. The minimum absolute atomic E-state index is 0.108. The number of nitrogens with zero attached hydrogens (tertiary/aromatic N) is 2. The molecular formula is C14H17N3S. The predicted molar refractivity (Wildman–Crippen MR) is 74.5 cm³/mol. The topological polar surface area (TPSA) is 43.8 Å². The van der Waals surface area contributed by atoms with Gasteiger partial charge in [-0.3, -0.25) is 0 Å².